The highest BCUT2D eigenvalue weighted by atomic mass is 32.1. The molecule has 0 unspecified atom stereocenters. The Labute approximate surface area is 73.4 Å². The van der Waals surface area contributed by atoms with Crippen molar-refractivity contribution in [3.63, 3.8) is 0 Å². The largest absolute Gasteiger partial charge is 0.300 e. The average Bonchev–Trinajstić information content (AvgIpc) is 1.97. The summed E-state index contributed by atoms with van der Waals surface area (Å²) in [5.41, 5.74) is 0. The molecule has 0 heterocycles. The van der Waals surface area contributed by atoms with Gasteiger partial charge in [0.1, 0.15) is 5.78 Å². The molecule has 0 atom stereocenters. The van der Waals surface area contributed by atoms with E-state index < -0.39 is 0 Å². The monoisotopic (exact) mass is 178 g/mol. The van der Waals surface area contributed by atoms with E-state index in [4.69, 9.17) is 0 Å². The molecule has 0 saturated heterocycles. The maximum absolute atomic E-state index is 10.9. The van der Waals surface area contributed by atoms with Crippen molar-refractivity contribution >= 4 is 31.0 Å². The molecule has 0 aromatic rings. The zero-order valence-corrected chi connectivity index (χ0v) is 7.83. The first-order chi connectivity index (χ1) is 4.81. The third-order valence-corrected chi connectivity index (χ3v) is 1.86. The Morgan fingerprint density at radius 2 is 1.40 bits per heavy atom. The average molecular weight is 178 g/mol. The number of ketones is 1. The quantitative estimate of drug-likeness (QED) is 0.595. The zero-order chi connectivity index (χ0) is 7.82. The summed E-state index contributed by atoms with van der Waals surface area (Å²) in [6.07, 6.45) is 3.21. The van der Waals surface area contributed by atoms with E-state index in [0.29, 0.717) is 18.6 Å². The first-order valence-electron chi connectivity index (χ1n) is 3.54. The fraction of sp³-hybridized carbons (Fsp3) is 0.857. The lowest BCUT2D eigenvalue weighted by Gasteiger charge is -1.95. The van der Waals surface area contributed by atoms with Crippen LogP contribution in [0, 0.1) is 0 Å². The van der Waals surface area contributed by atoms with Crippen LogP contribution in [-0.2, 0) is 4.79 Å². The van der Waals surface area contributed by atoms with Gasteiger partial charge in [0.25, 0.3) is 0 Å². The molecule has 1 nitrogen and oxygen atoms in total. The van der Waals surface area contributed by atoms with E-state index >= 15 is 0 Å². The normalized spacial score (nSPS) is 9.80. The van der Waals surface area contributed by atoms with Crippen molar-refractivity contribution in [2.45, 2.75) is 25.7 Å². The molecule has 0 aliphatic carbocycles. The van der Waals surface area contributed by atoms with Gasteiger partial charge in [0, 0.05) is 12.8 Å². The summed E-state index contributed by atoms with van der Waals surface area (Å²) in [6.45, 7) is 0. The van der Waals surface area contributed by atoms with Gasteiger partial charge < -0.3 is 0 Å². The second kappa shape index (κ2) is 7.48. The van der Waals surface area contributed by atoms with Crippen LogP contribution in [0.1, 0.15) is 25.7 Å². The van der Waals surface area contributed by atoms with Gasteiger partial charge in [-0.1, -0.05) is 0 Å². The predicted octanol–water partition coefficient (Wildman–Crippen LogP) is 1.98. The van der Waals surface area contributed by atoms with Crippen LogP contribution in [0.2, 0.25) is 0 Å². The zero-order valence-electron chi connectivity index (χ0n) is 6.05. The van der Waals surface area contributed by atoms with Crippen molar-refractivity contribution in [2.24, 2.45) is 0 Å². The third kappa shape index (κ3) is 6.49. The molecule has 0 rings (SSSR count). The summed E-state index contributed by atoms with van der Waals surface area (Å²) in [5, 5.41) is 0. The highest BCUT2D eigenvalue weighted by Gasteiger charge is 1.98. The van der Waals surface area contributed by atoms with E-state index in [0.717, 1.165) is 24.3 Å². The number of hydrogen-bond acceptors (Lipinski definition) is 3. The number of rotatable bonds is 6. The van der Waals surface area contributed by atoms with Crippen LogP contribution in [0.5, 0.6) is 0 Å². The van der Waals surface area contributed by atoms with Gasteiger partial charge in [-0.15, -0.1) is 0 Å². The molecule has 0 N–H and O–H groups in total. The minimum Gasteiger partial charge on any atom is -0.300 e. The molecule has 60 valence electrons. The molecule has 0 aromatic carbocycles. The standard InChI is InChI=1S/C7H14OS2/c8-7(3-1-5-9)4-2-6-10/h9-10H,1-6H2. The van der Waals surface area contributed by atoms with Crippen molar-refractivity contribution in [2.75, 3.05) is 11.5 Å². The highest BCUT2D eigenvalue weighted by Crippen LogP contribution is 2.00. The van der Waals surface area contributed by atoms with Gasteiger partial charge >= 0.3 is 0 Å². The molecule has 10 heavy (non-hydrogen) atoms. The van der Waals surface area contributed by atoms with Crippen molar-refractivity contribution < 1.29 is 4.79 Å². The van der Waals surface area contributed by atoms with Crippen molar-refractivity contribution in [1.29, 1.82) is 0 Å². The second-order valence-electron chi connectivity index (χ2n) is 2.19. The van der Waals surface area contributed by atoms with Crippen LogP contribution >= 0.6 is 25.3 Å². The molecule has 0 bridgehead atoms. The Balaban J connectivity index is 3.09. The topological polar surface area (TPSA) is 17.1 Å². The number of thiol groups is 2. The molecule has 0 fully saturated rings. The van der Waals surface area contributed by atoms with Crippen LogP contribution in [-0.4, -0.2) is 17.3 Å². The van der Waals surface area contributed by atoms with Crippen molar-refractivity contribution in [3.05, 3.63) is 0 Å². The maximum atomic E-state index is 10.9. The van der Waals surface area contributed by atoms with Crippen LogP contribution in [0.4, 0.5) is 0 Å². The number of hydrogen-bond donors (Lipinski definition) is 2. The van der Waals surface area contributed by atoms with Crippen LogP contribution in [0.3, 0.4) is 0 Å². The Morgan fingerprint density at radius 3 is 1.70 bits per heavy atom. The Morgan fingerprint density at radius 1 is 1.00 bits per heavy atom. The predicted molar refractivity (Wildman–Crippen MR) is 51.2 cm³/mol. The fourth-order valence-electron chi connectivity index (χ4n) is 0.677. The molecule has 0 aromatic heterocycles. The first-order valence-corrected chi connectivity index (χ1v) is 4.81. The van der Waals surface area contributed by atoms with Gasteiger partial charge in [0.2, 0.25) is 0 Å². The molecular weight excluding hydrogens is 164 g/mol. The van der Waals surface area contributed by atoms with E-state index in [1.54, 1.807) is 0 Å². The van der Waals surface area contributed by atoms with E-state index in [9.17, 15) is 4.79 Å². The van der Waals surface area contributed by atoms with E-state index in [1.807, 2.05) is 0 Å². The third-order valence-electron chi connectivity index (χ3n) is 1.23. The SMILES string of the molecule is O=C(CCCS)CCCS. The molecular formula is C7H14OS2. The molecule has 0 amide bonds. The highest BCUT2D eigenvalue weighted by molar-refractivity contribution is 7.80. The summed E-state index contributed by atoms with van der Waals surface area (Å²) in [5.74, 6) is 1.97. The molecule has 0 aliphatic rings. The smallest absolute Gasteiger partial charge is 0.132 e. The lowest BCUT2D eigenvalue weighted by Crippen LogP contribution is -1.97. The van der Waals surface area contributed by atoms with Crippen LogP contribution in [0.25, 0.3) is 0 Å². The van der Waals surface area contributed by atoms with Gasteiger partial charge in [-0.05, 0) is 24.3 Å². The van der Waals surface area contributed by atoms with Crippen molar-refractivity contribution in [3.8, 4) is 0 Å². The molecule has 0 aliphatic heterocycles. The summed E-state index contributed by atoms with van der Waals surface area (Å²) in [7, 11) is 0. The van der Waals surface area contributed by atoms with Gasteiger partial charge in [0.15, 0.2) is 0 Å². The lowest BCUT2D eigenvalue weighted by molar-refractivity contribution is -0.119. The van der Waals surface area contributed by atoms with Gasteiger partial charge in [0.05, 0.1) is 0 Å². The summed E-state index contributed by atoms with van der Waals surface area (Å²) in [4.78, 5) is 10.9. The second-order valence-corrected chi connectivity index (χ2v) is 3.09. The Bertz CT molecular complexity index is 83.6. The fourth-order valence-corrected chi connectivity index (χ4v) is 0.994. The van der Waals surface area contributed by atoms with E-state index in [1.165, 1.54) is 0 Å². The maximum Gasteiger partial charge on any atom is 0.132 e. The molecule has 0 spiro atoms. The summed E-state index contributed by atoms with van der Waals surface area (Å²) >= 11 is 8.04. The number of Topliss-reactive ketones (excluding diaryl/α,β-unsaturated/α-hetero) is 1. The van der Waals surface area contributed by atoms with Crippen LogP contribution in [0.15, 0.2) is 0 Å². The van der Waals surface area contributed by atoms with Gasteiger partial charge in [-0.25, -0.2) is 0 Å². The molecule has 0 radical (unpaired) electrons. The Hall–Kier alpha value is 0.370. The van der Waals surface area contributed by atoms with Crippen molar-refractivity contribution in [1.82, 2.24) is 0 Å². The summed E-state index contributed by atoms with van der Waals surface area (Å²) in [6, 6.07) is 0. The van der Waals surface area contributed by atoms with Gasteiger partial charge in [-0.2, -0.15) is 25.3 Å². The number of carbonyl (C=O) groups is 1. The van der Waals surface area contributed by atoms with Crippen LogP contribution < -0.4 is 0 Å². The van der Waals surface area contributed by atoms with E-state index in [2.05, 4.69) is 25.3 Å². The molecule has 3 heteroatoms. The minimum absolute atomic E-state index is 0.350. The van der Waals surface area contributed by atoms with E-state index in [-0.39, 0.29) is 0 Å². The van der Waals surface area contributed by atoms with Gasteiger partial charge in [-0.3, -0.25) is 4.79 Å². The lowest BCUT2D eigenvalue weighted by atomic mass is 10.1. The number of carbonyl (C=O) groups excluding carboxylic acids is 1. The first kappa shape index (κ1) is 10.4. The Kier molecular flexibility index (Phi) is 7.75. The minimum atomic E-state index is 0.350. The molecule has 0 saturated carbocycles. The summed E-state index contributed by atoms with van der Waals surface area (Å²) < 4.78 is 0.